The summed E-state index contributed by atoms with van der Waals surface area (Å²) in [6, 6.07) is 8.55. The van der Waals surface area contributed by atoms with Crippen molar-refractivity contribution in [2.75, 3.05) is 27.4 Å². The Kier molecular flexibility index (Phi) is 7.78. The molecule has 1 aromatic carbocycles. The summed E-state index contributed by atoms with van der Waals surface area (Å²) in [4.78, 5) is 23.0. The highest BCUT2D eigenvalue weighted by Crippen LogP contribution is 2.08. The number of hydrogen-bond donors (Lipinski definition) is 0. The lowest BCUT2D eigenvalue weighted by atomic mass is 10.3. The van der Waals surface area contributed by atoms with E-state index in [9.17, 15) is 9.59 Å². The highest BCUT2D eigenvalue weighted by molar-refractivity contribution is 5.92. The molecular weight excluding hydrogens is 276 g/mol. The van der Waals surface area contributed by atoms with Crippen LogP contribution in [0, 0.1) is 0 Å². The van der Waals surface area contributed by atoms with Gasteiger partial charge in [-0.2, -0.15) is 0 Å². The zero-order valence-corrected chi connectivity index (χ0v) is 12.0. The van der Waals surface area contributed by atoms with Crippen molar-refractivity contribution in [1.82, 2.24) is 0 Å². The molecule has 6 heteroatoms. The van der Waals surface area contributed by atoms with Gasteiger partial charge in [-0.05, 0) is 12.1 Å². The van der Waals surface area contributed by atoms with Crippen molar-refractivity contribution in [1.29, 1.82) is 0 Å². The summed E-state index contributed by atoms with van der Waals surface area (Å²) in [5.74, 6) is -0.926. The van der Waals surface area contributed by atoms with Gasteiger partial charge < -0.3 is 18.9 Å². The molecule has 6 nitrogen and oxygen atoms in total. The fourth-order valence-corrected chi connectivity index (χ4v) is 1.47. The Hall–Kier alpha value is -2.18. The molecule has 1 rings (SSSR count). The van der Waals surface area contributed by atoms with Crippen LogP contribution in [0.2, 0.25) is 0 Å². The molecule has 0 heterocycles. The molecule has 0 bridgehead atoms. The molecule has 0 saturated carbocycles. The minimum atomic E-state index is -0.667. The third-order valence-corrected chi connectivity index (χ3v) is 2.31. The molecule has 0 aromatic heterocycles. The SMILES string of the molecule is COCC(COC)OC(=O)/C=C/C(=O)Oc1ccccc1. The molecule has 0 N–H and O–H groups in total. The van der Waals surface area contributed by atoms with Crippen LogP contribution >= 0.6 is 0 Å². The van der Waals surface area contributed by atoms with Gasteiger partial charge in [0.1, 0.15) is 11.9 Å². The molecule has 0 spiro atoms. The maximum atomic E-state index is 11.5. The molecule has 0 aliphatic heterocycles. The van der Waals surface area contributed by atoms with Crippen LogP contribution < -0.4 is 4.74 Å². The molecule has 0 aliphatic rings. The molecule has 0 fully saturated rings. The van der Waals surface area contributed by atoms with Crippen molar-refractivity contribution in [3.8, 4) is 5.75 Å². The molecular formula is C15H18O6. The Bertz CT molecular complexity index is 462. The fraction of sp³-hybridized carbons (Fsp3) is 0.333. The van der Waals surface area contributed by atoms with Gasteiger partial charge in [0.2, 0.25) is 0 Å². The second-order valence-corrected chi connectivity index (χ2v) is 4.04. The molecule has 21 heavy (non-hydrogen) atoms. The van der Waals surface area contributed by atoms with Crippen LogP contribution in [0.25, 0.3) is 0 Å². The van der Waals surface area contributed by atoms with Crippen LogP contribution in [0.5, 0.6) is 5.75 Å². The second-order valence-electron chi connectivity index (χ2n) is 4.04. The Labute approximate surface area is 123 Å². The summed E-state index contributed by atoms with van der Waals surface area (Å²) in [5.41, 5.74) is 0. The number of hydrogen-bond acceptors (Lipinski definition) is 6. The Morgan fingerprint density at radius 2 is 1.57 bits per heavy atom. The van der Waals surface area contributed by atoms with Gasteiger partial charge in [-0.25, -0.2) is 9.59 Å². The van der Waals surface area contributed by atoms with Gasteiger partial charge in [0.15, 0.2) is 0 Å². The van der Waals surface area contributed by atoms with E-state index in [0.29, 0.717) is 5.75 Å². The number of methoxy groups -OCH3 is 2. The number of carbonyl (C=O) groups excluding carboxylic acids is 2. The predicted molar refractivity (Wildman–Crippen MR) is 74.8 cm³/mol. The molecule has 0 saturated heterocycles. The van der Waals surface area contributed by atoms with E-state index < -0.39 is 18.0 Å². The number of benzene rings is 1. The van der Waals surface area contributed by atoms with Crippen molar-refractivity contribution in [3.05, 3.63) is 42.5 Å². The molecule has 0 atom stereocenters. The maximum Gasteiger partial charge on any atom is 0.336 e. The van der Waals surface area contributed by atoms with Crippen LogP contribution in [-0.4, -0.2) is 45.5 Å². The van der Waals surface area contributed by atoms with Crippen molar-refractivity contribution in [2.24, 2.45) is 0 Å². The molecule has 114 valence electrons. The Morgan fingerprint density at radius 3 is 2.14 bits per heavy atom. The van der Waals surface area contributed by atoms with Crippen LogP contribution in [0.4, 0.5) is 0 Å². The van der Waals surface area contributed by atoms with Crippen LogP contribution in [0.15, 0.2) is 42.5 Å². The molecule has 0 amide bonds. The van der Waals surface area contributed by atoms with Crippen LogP contribution in [-0.2, 0) is 23.8 Å². The minimum absolute atomic E-state index is 0.210. The largest absolute Gasteiger partial charge is 0.454 e. The maximum absolute atomic E-state index is 11.5. The van der Waals surface area contributed by atoms with E-state index in [4.69, 9.17) is 18.9 Å². The number of esters is 2. The first-order valence-electron chi connectivity index (χ1n) is 6.29. The van der Waals surface area contributed by atoms with Gasteiger partial charge in [0.25, 0.3) is 0 Å². The Balaban J connectivity index is 2.43. The summed E-state index contributed by atoms with van der Waals surface area (Å²) in [5, 5.41) is 0. The van der Waals surface area contributed by atoms with E-state index in [1.54, 1.807) is 30.3 Å². The first kappa shape index (κ1) is 16.9. The van der Waals surface area contributed by atoms with E-state index >= 15 is 0 Å². The van der Waals surface area contributed by atoms with Gasteiger partial charge in [-0.15, -0.1) is 0 Å². The van der Waals surface area contributed by atoms with E-state index in [2.05, 4.69) is 0 Å². The molecule has 1 aromatic rings. The quantitative estimate of drug-likeness (QED) is 0.409. The smallest absolute Gasteiger partial charge is 0.336 e. The van der Waals surface area contributed by atoms with Crippen molar-refractivity contribution < 1.29 is 28.5 Å². The average molecular weight is 294 g/mol. The normalized spacial score (nSPS) is 10.8. The predicted octanol–water partition coefficient (Wildman–Crippen LogP) is 1.35. The lowest BCUT2D eigenvalue weighted by Crippen LogP contribution is -2.27. The van der Waals surface area contributed by atoms with Gasteiger partial charge in [-0.3, -0.25) is 0 Å². The third-order valence-electron chi connectivity index (χ3n) is 2.31. The standard InChI is InChI=1S/C15H18O6/c1-18-10-13(11-19-2)21-15(17)9-8-14(16)20-12-6-4-3-5-7-12/h3-9,13H,10-11H2,1-2H3/b9-8+. The number of carbonyl (C=O) groups is 2. The van der Waals surface area contributed by atoms with E-state index in [1.807, 2.05) is 0 Å². The van der Waals surface area contributed by atoms with Gasteiger partial charge >= 0.3 is 11.9 Å². The van der Waals surface area contributed by atoms with E-state index in [-0.39, 0.29) is 13.2 Å². The lowest BCUT2D eigenvalue weighted by Gasteiger charge is -2.14. The summed E-state index contributed by atoms with van der Waals surface area (Å²) in [7, 11) is 2.98. The van der Waals surface area contributed by atoms with E-state index in [1.165, 1.54) is 14.2 Å². The zero-order valence-electron chi connectivity index (χ0n) is 12.0. The van der Waals surface area contributed by atoms with Crippen molar-refractivity contribution >= 4 is 11.9 Å². The van der Waals surface area contributed by atoms with Gasteiger partial charge in [0, 0.05) is 26.4 Å². The van der Waals surface area contributed by atoms with Crippen LogP contribution in [0.1, 0.15) is 0 Å². The Morgan fingerprint density at radius 1 is 1.00 bits per heavy atom. The molecule has 0 unspecified atom stereocenters. The fourth-order valence-electron chi connectivity index (χ4n) is 1.47. The number of ether oxygens (including phenoxy) is 4. The van der Waals surface area contributed by atoms with Crippen molar-refractivity contribution in [3.63, 3.8) is 0 Å². The number of rotatable bonds is 8. The summed E-state index contributed by atoms with van der Waals surface area (Å²) >= 11 is 0. The summed E-state index contributed by atoms with van der Waals surface area (Å²) in [6.45, 7) is 0.420. The van der Waals surface area contributed by atoms with Crippen LogP contribution in [0.3, 0.4) is 0 Å². The average Bonchev–Trinajstić information content (AvgIpc) is 2.47. The highest BCUT2D eigenvalue weighted by atomic mass is 16.6. The van der Waals surface area contributed by atoms with Gasteiger partial charge in [-0.1, -0.05) is 18.2 Å². The molecule has 0 radical (unpaired) electrons. The zero-order chi connectivity index (χ0) is 15.5. The first-order valence-corrected chi connectivity index (χ1v) is 6.29. The summed E-state index contributed by atoms with van der Waals surface area (Å²) < 4.78 is 19.8. The molecule has 0 aliphatic carbocycles. The van der Waals surface area contributed by atoms with Gasteiger partial charge in [0.05, 0.1) is 13.2 Å². The minimum Gasteiger partial charge on any atom is -0.454 e. The lowest BCUT2D eigenvalue weighted by molar-refractivity contribution is -0.148. The third kappa shape index (κ3) is 7.24. The highest BCUT2D eigenvalue weighted by Gasteiger charge is 2.12. The first-order chi connectivity index (χ1) is 10.2. The number of para-hydroxylation sites is 1. The van der Waals surface area contributed by atoms with Crippen molar-refractivity contribution in [2.45, 2.75) is 6.10 Å². The van der Waals surface area contributed by atoms with E-state index in [0.717, 1.165) is 12.2 Å². The summed E-state index contributed by atoms with van der Waals surface area (Å²) in [6.07, 6.45) is 1.48. The monoisotopic (exact) mass is 294 g/mol. The second kappa shape index (κ2) is 9.68. The topological polar surface area (TPSA) is 71.1 Å².